The molecule has 1 atom stereocenters. The first-order valence-electron chi connectivity index (χ1n) is 4.98. The number of anilines is 1. The van der Waals surface area contributed by atoms with Gasteiger partial charge in [0, 0.05) is 6.20 Å². The number of nitrogens with one attached hydrogen (secondary N) is 2. The molecule has 0 amide bonds. The van der Waals surface area contributed by atoms with Crippen LogP contribution in [0.4, 0.5) is 5.69 Å². The number of aromatic nitrogens is 2. The summed E-state index contributed by atoms with van der Waals surface area (Å²) in [6.45, 7) is 1.98. The third kappa shape index (κ3) is 2.68. The molecule has 2 rings (SSSR count). The molecule has 3 nitrogen and oxygen atoms in total. The number of halogens is 3. The molecule has 17 heavy (non-hydrogen) atoms. The van der Waals surface area contributed by atoms with Gasteiger partial charge in [-0.1, -0.05) is 40.9 Å². The zero-order valence-electron chi connectivity index (χ0n) is 8.97. The van der Waals surface area contributed by atoms with Gasteiger partial charge in [0.25, 0.3) is 0 Å². The molecule has 0 radical (unpaired) electrons. The highest BCUT2D eigenvalue weighted by molar-refractivity contribution is 6.48. The predicted molar refractivity (Wildman–Crippen MR) is 72.1 cm³/mol. The van der Waals surface area contributed by atoms with Crippen molar-refractivity contribution in [1.29, 1.82) is 0 Å². The second kappa shape index (κ2) is 5.17. The third-order valence-electron chi connectivity index (χ3n) is 2.41. The maximum atomic E-state index is 6.15. The number of rotatable bonds is 3. The zero-order valence-corrected chi connectivity index (χ0v) is 11.2. The van der Waals surface area contributed by atoms with Crippen molar-refractivity contribution in [3.63, 3.8) is 0 Å². The van der Waals surface area contributed by atoms with Crippen LogP contribution in [0.2, 0.25) is 15.1 Å². The number of benzene rings is 1. The summed E-state index contributed by atoms with van der Waals surface area (Å²) in [4.78, 5) is 0. The van der Waals surface area contributed by atoms with Crippen molar-refractivity contribution in [2.45, 2.75) is 13.0 Å². The topological polar surface area (TPSA) is 40.7 Å². The van der Waals surface area contributed by atoms with Crippen molar-refractivity contribution >= 4 is 40.5 Å². The average Bonchev–Trinajstić information content (AvgIpc) is 2.78. The van der Waals surface area contributed by atoms with Gasteiger partial charge in [0.2, 0.25) is 0 Å². The lowest BCUT2D eigenvalue weighted by atomic mass is 10.1. The molecule has 0 saturated heterocycles. The first-order chi connectivity index (χ1) is 8.09. The van der Waals surface area contributed by atoms with Crippen LogP contribution in [0.5, 0.6) is 0 Å². The molecule has 0 aliphatic rings. The van der Waals surface area contributed by atoms with E-state index in [9.17, 15) is 0 Å². The minimum Gasteiger partial charge on any atom is -0.376 e. The van der Waals surface area contributed by atoms with E-state index in [0.29, 0.717) is 15.1 Å². The Kier molecular flexibility index (Phi) is 3.82. The minimum absolute atomic E-state index is 0.00914. The fourth-order valence-electron chi connectivity index (χ4n) is 1.53. The number of nitrogens with zero attached hydrogens (tertiary/aromatic N) is 1. The monoisotopic (exact) mass is 289 g/mol. The summed E-state index contributed by atoms with van der Waals surface area (Å²) in [5.74, 6) is 0. The lowest BCUT2D eigenvalue weighted by Crippen LogP contribution is -2.06. The van der Waals surface area contributed by atoms with Crippen LogP contribution in [0.3, 0.4) is 0 Å². The van der Waals surface area contributed by atoms with E-state index in [-0.39, 0.29) is 6.04 Å². The Labute approximate surface area is 114 Å². The molecule has 0 fully saturated rings. The van der Waals surface area contributed by atoms with E-state index < -0.39 is 0 Å². The zero-order chi connectivity index (χ0) is 12.4. The van der Waals surface area contributed by atoms with Gasteiger partial charge < -0.3 is 5.32 Å². The second-order valence-electron chi connectivity index (χ2n) is 3.62. The quantitative estimate of drug-likeness (QED) is 0.815. The summed E-state index contributed by atoms with van der Waals surface area (Å²) in [5.41, 5.74) is 1.78. The number of H-pyrrole nitrogens is 1. The van der Waals surface area contributed by atoms with E-state index in [1.165, 1.54) is 0 Å². The lowest BCUT2D eigenvalue weighted by molar-refractivity contribution is 0.885. The Morgan fingerprint density at radius 1 is 1.24 bits per heavy atom. The highest BCUT2D eigenvalue weighted by Gasteiger charge is 2.14. The van der Waals surface area contributed by atoms with Gasteiger partial charge in [-0.25, -0.2) is 0 Å². The van der Waals surface area contributed by atoms with Gasteiger partial charge in [-0.15, -0.1) is 0 Å². The molecule has 1 heterocycles. The molecule has 0 aliphatic carbocycles. The van der Waals surface area contributed by atoms with Gasteiger partial charge in [-0.2, -0.15) is 5.10 Å². The number of aromatic amines is 1. The predicted octanol–water partition coefficient (Wildman–Crippen LogP) is 4.54. The number of hydrogen-bond acceptors (Lipinski definition) is 2. The van der Waals surface area contributed by atoms with E-state index in [1.807, 2.05) is 13.0 Å². The fraction of sp³-hybridized carbons (Fsp3) is 0.182. The van der Waals surface area contributed by atoms with Gasteiger partial charge in [0.15, 0.2) is 0 Å². The lowest BCUT2D eigenvalue weighted by Gasteiger charge is -2.16. The summed E-state index contributed by atoms with van der Waals surface area (Å²) < 4.78 is 0. The van der Waals surface area contributed by atoms with Crippen molar-refractivity contribution in [2.75, 3.05) is 5.32 Å². The molecule has 1 aromatic carbocycles. The van der Waals surface area contributed by atoms with Crippen LogP contribution < -0.4 is 5.32 Å². The molecule has 0 saturated carbocycles. The summed E-state index contributed by atoms with van der Waals surface area (Å²) in [6.07, 6.45) is 3.46. The molecule has 0 spiro atoms. The van der Waals surface area contributed by atoms with Crippen molar-refractivity contribution in [1.82, 2.24) is 10.2 Å². The second-order valence-corrected chi connectivity index (χ2v) is 4.78. The van der Waals surface area contributed by atoms with Gasteiger partial charge in [-0.3, -0.25) is 5.10 Å². The molecule has 90 valence electrons. The maximum absolute atomic E-state index is 6.15. The molecular weight excluding hydrogens is 281 g/mol. The molecule has 0 aliphatic heterocycles. The van der Waals surface area contributed by atoms with E-state index in [0.717, 1.165) is 11.3 Å². The van der Waals surface area contributed by atoms with Crippen LogP contribution in [0.1, 0.15) is 18.5 Å². The van der Waals surface area contributed by atoms with Crippen LogP contribution in [-0.4, -0.2) is 10.2 Å². The first-order valence-corrected chi connectivity index (χ1v) is 6.11. The van der Waals surface area contributed by atoms with Crippen LogP contribution in [0.25, 0.3) is 0 Å². The van der Waals surface area contributed by atoms with Crippen LogP contribution in [0.15, 0.2) is 24.5 Å². The van der Waals surface area contributed by atoms with Crippen LogP contribution in [-0.2, 0) is 0 Å². The van der Waals surface area contributed by atoms with E-state index in [4.69, 9.17) is 34.8 Å². The van der Waals surface area contributed by atoms with E-state index in [2.05, 4.69) is 15.5 Å². The van der Waals surface area contributed by atoms with Crippen molar-refractivity contribution in [2.24, 2.45) is 0 Å². The summed E-state index contributed by atoms with van der Waals surface area (Å²) in [6, 6.07) is 3.60. The normalized spacial score (nSPS) is 12.5. The Hall–Kier alpha value is -0.900. The van der Waals surface area contributed by atoms with E-state index in [1.54, 1.807) is 18.5 Å². The van der Waals surface area contributed by atoms with Crippen LogP contribution >= 0.6 is 34.8 Å². The minimum atomic E-state index is 0.00914. The summed E-state index contributed by atoms with van der Waals surface area (Å²) >= 11 is 18.0. The highest BCUT2D eigenvalue weighted by Crippen LogP contribution is 2.36. The largest absolute Gasteiger partial charge is 0.376 e. The molecule has 6 heteroatoms. The van der Waals surface area contributed by atoms with E-state index >= 15 is 0 Å². The van der Waals surface area contributed by atoms with Gasteiger partial charge in [0.1, 0.15) is 0 Å². The SMILES string of the molecule is CC(Nc1cn[nH]c1)c1ccc(Cl)c(Cl)c1Cl. The molecule has 2 N–H and O–H groups in total. The smallest absolute Gasteiger partial charge is 0.0782 e. The highest BCUT2D eigenvalue weighted by atomic mass is 35.5. The Balaban J connectivity index is 2.25. The molecule has 1 aromatic heterocycles. The molecular formula is C11H10Cl3N3. The summed E-state index contributed by atoms with van der Waals surface area (Å²) in [7, 11) is 0. The van der Waals surface area contributed by atoms with Crippen molar-refractivity contribution in [3.05, 3.63) is 45.2 Å². The summed E-state index contributed by atoms with van der Waals surface area (Å²) in [5, 5.41) is 11.1. The third-order valence-corrected chi connectivity index (χ3v) is 3.72. The Bertz CT molecular complexity index is 511. The molecule has 2 aromatic rings. The number of hydrogen-bond donors (Lipinski definition) is 2. The molecule has 1 unspecified atom stereocenters. The van der Waals surface area contributed by atoms with Gasteiger partial charge >= 0.3 is 0 Å². The van der Waals surface area contributed by atoms with Gasteiger partial charge in [0.05, 0.1) is 33.0 Å². The van der Waals surface area contributed by atoms with Crippen molar-refractivity contribution < 1.29 is 0 Å². The average molecular weight is 291 g/mol. The van der Waals surface area contributed by atoms with Gasteiger partial charge in [-0.05, 0) is 18.6 Å². The maximum Gasteiger partial charge on any atom is 0.0782 e. The Morgan fingerprint density at radius 2 is 2.00 bits per heavy atom. The Morgan fingerprint density at radius 3 is 2.65 bits per heavy atom. The molecule has 0 bridgehead atoms. The van der Waals surface area contributed by atoms with Crippen molar-refractivity contribution in [3.8, 4) is 0 Å². The van der Waals surface area contributed by atoms with Crippen LogP contribution in [0, 0.1) is 0 Å². The fourth-order valence-corrected chi connectivity index (χ4v) is 2.24. The first kappa shape index (κ1) is 12.6. The standard InChI is InChI=1S/C11H10Cl3N3/c1-6(17-7-4-15-16-5-7)8-2-3-9(12)11(14)10(8)13/h2-6,17H,1H3,(H,15,16).